The third-order valence-corrected chi connectivity index (χ3v) is 6.84. The maximum absolute atomic E-state index is 6.33. The first kappa shape index (κ1) is 20.5. The minimum atomic E-state index is -0.142. The maximum atomic E-state index is 6.33. The zero-order chi connectivity index (χ0) is 21.5. The van der Waals surface area contributed by atoms with Gasteiger partial charge in [0, 0.05) is 17.8 Å². The molecule has 0 aromatic heterocycles. The van der Waals surface area contributed by atoms with Crippen LogP contribution in [0.3, 0.4) is 0 Å². The van der Waals surface area contributed by atoms with Gasteiger partial charge >= 0.3 is 0 Å². The van der Waals surface area contributed by atoms with Crippen molar-refractivity contribution in [3.8, 4) is 5.75 Å². The first-order valence-electron chi connectivity index (χ1n) is 11.0. The fourth-order valence-electron chi connectivity index (χ4n) is 4.77. The van der Waals surface area contributed by atoms with Gasteiger partial charge in [0.15, 0.2) is 0 Å². The van der Waals surface area contributed by atoms with E-state index in [-0.39, 0.29) is 5.41 Å². The van der Waals surface area contributed by atoms with Crippen LogP contribution in [-0.2, 0) is 12.0 Å². The molecule has 0 radical (unpaired) electrons. The number of benzene rings is 3. The molecule has 0 saturated heterocycles. The molecule has 0 amide bonds. The second kappa shape index (κ2) is 7.83. The Bertz CT molecular complexity index is 1050. The van der Waals surface area contributed by atoms with Gasteiger partial charge < -0.3 is 10.1 Å². The van der Waals surface area contributed by atoms with Crippen molar-refractivity contribution >= 4 is 5.69 Å². The predicted octanol–water partition coefficient (Wildman–Crippen LogP) is 7.05. The van der Waals surface area contributed by atoms with Gasteiger partial charge in [-0.15, -0.1) is 0 Å². The van der Waals surface area contributed by atoms with Crippen molar-refractivity contribution in [1.29, 1.82) is 0 Å². The maximum Gasteiger partial charge on any atom is 0.127 e. The van der Waals surface area contributed by atoms with E-state index < -0.39 is 0 Å². The van der Waals surface area contributed by atoms with E-state index in [1.807, 2.05) is 0 Å². The van der Waals surface area contributed by atoms with E-state index in [4.69, 9.17) is 4.74 Å². The van der Waals surface area contributed by atoms with Gasteiger partial charge in [-0.1, -0.05) is 68.4 Å². The molecule has 1 atom stereocenters. The van der Waals surface area contributed by atoms with Crippen LogP contribution < -0.4 is 10.1 Å². The Balaban J connectivity index is 1.76. The van der Waals surface area contributed by atoms with E-state index in [9.17, 15) is 0 Å². The van der Waals surface area contributed by atoms with Gasteiger partial charge in [0.2, 0.25) is 0 Å². The summed E-state index contributed by atoms with van der Waals surface area (Å²) in [6.45, 7) is 15.0. The molecular formula is C28H33NO. The van der Waals surface area contributed by atoms with Crippen LogP contribution in [0, 0.1) is 20.8 Å². The molecule has 4 rings (SSSR count). The van der Waals surface area contributed by atoms with Gasteiger partial charge in [-0.25, -0.2) is 0 Å². The van der Waals surface area contributed by atoms with Crippen LogP contribution in [0.15, 0.2) is 54.6 Å². The smallest absolute Gasteiger partial charge is 0.127 e. The van der Waals surface area contributed by atoms with Crippen molar-refractivity contribution in [1.82, 2.24) is 0 Å². The largest absolute Gasteiger partial charge is 0.492 e. The van der Waals surface area contributed by atoms with Crippen molar-refractivity contribution in [2.24, 2.45) is 0 Å². The molecule has 3 aromatic carbocycles. The van der Waals surface area contributed by atoms with Gasteiger partial charge in [-0.3, -0.25) is 0 Å². The zero-order valence-corrected chi connectivity index (χ0v) is 19.1. The predicted molar refractivity (Wildman–Crippen MR) is 127 cm³/mol. The molecule has 3 aromatic rings. The Morgan fingerprint density at radius 3 is 2.20 bits per heavy atom. The van der Waals surface area contributed by atoms with Gasteiger partial charge in [0.05, 0.1) is 5.41 Å². The third-order valence-electron chi connectivity index (χ3n) is 6.84. The molecule has 1 aliphatic heterocycles. The Morgan fingerprint density at radius 1 is 0.900 bits per heavy atom. The lowest BCUT2D eigenvalue weighted by Gasteiger charge is -2.28. The summed E-state index contributed by atoms with van der Waals surface area (Å²) in [5, 5.41) is 3.73. The number of hydrogen-bond donors (Lipinski definition) is 1. The zero-order valence-electron chi connectivity index (χ0n) is 19.1. The minimum Gasteiger partial charge on any atom is -0.492 e. The average molecular weight is 400 g/mol. The van der Waals surface area contributed by atoms with Crippen LogP contribution in [0.25, 0.3) is 0 Å². The van der Waals surface area contributed by atoms with E-state index in [2.05, 4.69) is 101 Å². The lowest BCUT2D eigenvalue weighted by Crippen LogP contribution is -2.26. The Labute approximate surface area is 181 Å². The van der Waals surface area contributed by atoms with Gasteiger partial charge in [-0.05, 0) is 67.0 Å². The number of fused-ring (bicyclic) bond motifs is 1. The molecule has 1 aliphatic rings. The molecule has 156 valence electrons. The van der Waals surface area contributed by atoms with E-state index in [0.717, 1.165) is 12.3 Å². The summed E-state index contributed by atoms with van der Waals surface area (Å²) in [6.07, 6.45) is 0. The molecule has 0 saturated carbocycles. The van der Waals surface area contributed by atoms with Crippen LogP contribution in [-0.4, -0.2) is 6.61 Å². The van der Waals surface area contributed by atoms with Gasteiger partial charge in [-0.2, -0.15) is 0 Å². The Kier molecular flexibility index (Phi) is 5.36. The first-order chi connectivity index (χ1) is 14.3. The van der Waals surface area contributed by atoms with E-state index >= 15 is 0 Å². The normalized spacial score (nSPS) is 17.7. The summed E-state index contributed by atoms with van der Waals surface area (Å²) >= 11 is 0. The molecule has 0 bridgehead atoms. The van der Waals surface area contributed by atoms with Gasteiger partial charge in [0.1, 0.15) is 12.4 Å². The van der Waals surface area contributed by atoms with E-state index in [1.165, 1.54) is 44.6 Å². The molecular weight excluding hydrogens is 366 g/mol. The quantitative estimate of drug-likeness (QED) is 0.496. The molecule has 1 heterocycles. The number of hydrogen-bond acceptors (Lipinski definition) is 2. The average Bonchev–Trinajstić information content (AvgIpc) is 3.12. The van der Waals surface area contributed by atoms with Crippen molar-refractivity contribution in [3.05, 3.63) is 93.5 Å². The minimum absolute atomic E-state index is 0.142. The summed E-state index contributed by atoms with van der Waals surface area (Å²) in [5.41, 5.74) is 10.2. The van der Waals surface area contributed by atoms with E-state index in [0.29, 0.717) is 12.5 Å². The molecule has 0 aliphatic carbocycles. The highest BCUT2D eigenvalue weighted by Gasteiger charge is 2.41. The molecule has 1 N–H and O–H groups in total. The standard InChI is InChI=1S/C28H33NO/c1-18(2)23-12-14-24(15-13-23)28(6)17-30-27-20(4)19(3)26(21(5)25(27)28)29-16-22-10-8-7-9-11-22/h7-15,18,29H,16-17H2,1-6H3. The molecule has 30 heavy (non-hydrogen) atoms. The number of rotatable bonds is 5. The molecule has 0 fully saturated rings. The fraction of sp³-hybridized carbons (Fsp3) is 0.357. The van der Waals surface area contributed by atoms with Crippen LogP contribution in [0.4, 0.5) is 5.69 Å². The molecule has 1 unspecified atom stereocenters. The van der Waals surface area contributed by atoms with Crippen molar-refractivity contribution < 1.29 is 4.74 Å². The summed E-state index contributed by atoms with van der Waals surface area (Å²) in [5.74, 6) is 1.62. The summed E-state index contributed by atoms with van der Waals surface area (Å²) < 4.78 is 6.33. The fourth-order valence-corrected chi connectivity index (χ4v) is 4.77. The highest BCUT2D eigenvalue weighted by Crippen LogP contribution is 2.50. The highest BCUT2D eigenvalue weighted by molar-refractivity contribution is 5.71. The third kappa shape index (κ3) is 3.39. The SMILES string of the molecule is Cc1c(C)c2c(c(C)c1NCc1ccccc1)C(C)(c1ccc(C(C)C)cc1)CO2. The van der Waals surface area contributed by atoms with Crippen molar-refractivity contribution in [2.75, 3.05) is 11.9 Å². The summed E-state index contributed by atoms with van der Waals surface area (Å²) in [4.78, 5) is 0. The summed E-state index contributed by atoms with van der Waals surface area (Å²) in [6, 6.07) is 19.7. The molecule has 2 heteroatoms. The van der Waals surface area contributed by atoms with E-state index in [1.54, 1.807) is 0 Å². The van der Waals surface area contributed by atoms with Crippen LogP contribution in [0.1, 0.15) is 65.6 Å². The Morgan fingerprint density at radius 2 is 1.57 bits per heavy atom. The monoisotopic (exact) mass is 399 g/mol. The molecule has 2 nitrogen and oxygen atoms in total. The van der Waals surface area contributed by atoms with Crippen LogP contribution >= 0.6 is 0 Å². The number of ether oxygens (including phenoxy) is 1. The summed E-state index contributed by atoms with van der Waals surface area (Å²) in [7, 11) is 0. The Hall–Kier alpha value is -2.74. The van der Waals surface area contributed by atoms with Crippen molar-refractivity contribution in [2.45, 2.75) is 59.4 Å². The lowest BCUT2D eigenvalue weighted by atomic mass is 9.74. The van der Waals surface area contributed by atoms with Gasteiger partial charge in [0.25, 0.3) is 0 Å². The van der Waals surface area contributed by atoms with Crippen LogP contribution in [0.5, 0.6) is 5.75 Å². The topological polar surface area (TPSA) is 21.3 Å². The number of anilines is 1. The lowest BCUT2D eigenvalue weighted by molar-refractivity contribution is 0.301. The van der Waals surface area contributed by atoms with Crippen molar-refractivity contribution in [3.63, 3.8) is 0 Å². The molecule has 0 spiro atoms. The first-order valence-corrected chi connectivity index (χ1v) is 11.0. The second-order valence-corrected chi connectivity index (χ2v) is 9.19. The second-order valence-electron chi connectivity index (χ2n) is 9.19. The van der Waals surface area contributed by atoms with Crippen LogP contribution in [0.2, 0.25) is 0 Å². The number of nitrogens with one attached hydrogen (secondary N) is 1. The highest BCUT2D eigenvalue weighted by atomic mass is 16.5.